The number of fused-ring (bicyclic) bond motifs is 1. The number of carbonyl (C=O) groups excluding carboxylic acids is 2. The highest BCUT2D eigenvalue weighted by Gasteiger charge is 2.13. The quantitative estimate of drug-likeness (QED) is 0.493. The number of hydrogen-bond acceptors (Lipinski definition) is 4. The summed E-state index contributed by atoms with van der Waals surface area (Å²) in [5.74, 6) is -0.446. The molecule has 1 aromatic heterocycles. The van der Waals surface area contributed by atoms with E-state index in [4.69, 9.17) is 4.74 Å². The van der Waals surface area contributed by atoms with Crippen LogP contribution in [0.2, 0.25) is 0 Å². The Morgan fingerprint density at radius 2 is 2.10 bits per heavy atom. The fraction of sp³-hybridized carbons (Fsp3) is 0.286. The molecule has 1 heterocycles. The van der Waals surface area contributed by atoms with Gasteiger partial charge in [0.2, 0.25) is 0 Å². The Balaban J connectivity index is 2.20. The number of amides is 2. The average molecular weight is 290 g/mol. The lowest BCUT2D eigenvalue weighted by atomic mass is 10.1. The number of aromatic amines is 1. The Hall–Kier alpha value is -2.54. The van der Waals surface area contributed by atoms with E-state index >= 15 is 0 Å². The van der Waals surface area contributed by atoms with Gasteiger partial charge in [-0.2, -0.15) is 0 Å². The van der Waals surface area contributed by atoms with Crippen molar-refractivity contribution in [2.24, 2.45) is 0 Å². The van der Waals surface area contributed by atoms with Gasteiger partial charge in [-0.1, -0.05) is 0 Å². The number of esters is 1. The second-order valence-electron chi connectivity index (χ2n) is 4.44. The highest BCUT2D eigenvalue weighted by molar-refractivity contribution is 6.06. The van der Waals surface area contributed by atoms with Gasteiger partial charge >= 0.3 is 12.0 Å². The molecular weight excluding hydrogens is 272 g/mol. The van der Waals surface area contributed by atoms with Crippen molar-refractivity contribution in [2.75, 3.05) is 32.6 Å². The molecule has 0 fully saturated rings. The molecule has 7 heteroatoms. The molecule has 0 aliphatic carbocycles. The van der Waals surface area contributed by atoms with Crippen LogP contribution in [0.1, 0.15) is 10.4 Å². The van der Waals surface area contributed by atoms with Crippen molar-refractivity contribution in [3.8, 4) is 0 Å². The first-order chi connectivity index (χ1) is 10.2. The number of ether oxygens (including phenoxy) is 1. The van der Waals surface area contributed by atoms with E-state index in [-0.39, 0.29) is 6.03 Å². The van der Waals surface area contributed by atoms with Gasteiger partial charge in [-0.15, -0.1) is 0 Å². The maximum absolute atomic E-state index is 11.8. The van der Waals surface area contributed by atoms with E-state index in [9.17, 15) is 9.59 Å². The summed E-state index contributed by atoms with van der Waals surface area (Å²) < 4.78 is 4.76. The van der Waals surface area contributed by atoms with Crippen LogP contribution < -0.4 is 16.0 Å². The molecule has 2 rings (SSSR count). The van der Waals surface area contributed by atoms with Crippen molar-refractivity contribution in [3.63, 3.8) is 0 Å². The summed E-state index contributed by atoms with van der Waals surface area (Å²) in [6, 6.07) is 4.82. The van der Waals surface area contributed by atoms with Crippen LogP contribution in [0.4, 0.5) is 10.5 Å². The summed E-state index contributed by atoms with van der Waals surface area (Å²) in [7, 11) is 3.13. The molecule has 2 aromatic rings. The van der Waals surface area contributed by atoms with E-state index in [0.29, 0.717) is 24.3 Å². The van der Waals surface area contributed by atoms with Crippen LogP contribution in [0.5, 0.6) is 0 Å². The molecule has 2 amide bonds. The van der Waals surface area contributed by atoms with Gasteiger partial charge in [0.1, 0.15) is 0 Å². The van der Waals surface area contributed by atoms with Crippen molar-refractivity contribution < 1.29 is 14.3 Å². The number of methoxy groups -OCH3 is 1. The molecule has 0 atom stereocenters. The van der Waals surface area contributed by atoms with Gasteiger partial charge in [-0.25, -0.2) is 9.59 Å². The minimum atomic E-state index is -0.446. The second-order valence-corrected chi connectivity index (χ2v) is 4.44. The number of nitrogens with one attached hydrogen (secondary N) is 4. The number of rotatable bonds is 5. The van der Waals surface area contributed by atoms with Crippen LogP contribution in [0, 0.1) is 0 Å². The lowest BCUT2D eigenvalue weighted by molar-refractivity contribution is 0.0603. The topological polar surface area (TPSA) is 95.2 Å². The Morgan fingerprint density at radius 3 is 2.81 bits per heavy atom. The van der Waals surface area contributed by atoms with E-state index in [2.05, 4.69) is 20.9 Å². The van der Waals surface area contributed by atoms with Gasteiger partial charge in [0.05, 0.1) is 12.7 Å². The molecule has 112 valence electrons. The average Bonchev–Trinajstić information content (AvgIpc) is 2.94. The maximum Gasteiger partial charge on any atom is 0.338 e. The van der Waals surface area contributed by atoms with Gasteiger partial charge in [0.25, 0.3) is 0 Å². The Labute approximate surface area is 122 Å². The largest absolute Gasteiger partial charge is 0.465 e. The van der Waals surface area contributed by atoms with E-state index in [1.165, 1.54) is 7.11 Å². The summed E-state index contributed by atoms with van der Waals surface area (Å²) in [6.45, 7) is 1.19. The van der Waals surface area contributed by atoms with Gasteiger partial charge < -0.3 is 25.7 Å². The Morgan fingerprint density at radius 1 is 1.29 bits per heavy atom. The van der Waals surface area contributed by atoms with Crippen molar-refractivity contribution in [1.29, 1.82) is 0 Å². The molecule has 7 nitrogen and oxygen atoms in total. The highest BCUT2D eigenvalue weighted by Crippen LogP contribution is 2.23. The van der Waals surface area contributed by atoms with Crippen LogP contribution in [0.15, 0.2) is 24.4 Å². The van der Waals surface area contributed by atoms with Crippen molar-refractivity contribution in [3.05, 3.63) is 30.0 Å². The summed E-state index contributed by atoms with van der Waals surface area (Å²) in [5, 5.41) is 9.08. The van der Waals surface area contributed by atoms with Crippen LogP contribution in [0.3, 0.4) is 0 Å². The third kappa shape index (κ3) is 3.51. The normalized spacial score (nSPS) is 10.4. The van der Waals surface area contributed by atoms with Gasteiger partial charge in [-0.3, -0.25) is 0 Å². The summed E-state index contributed by atoms with van der Waals surface area (Å²) in [5.41, 5.74) is 1.68. The molecule has 4 N–H and O–H groups in total. The van der Waals surface area contributed by atoms with Crippen LogP contribution in [-0.4, -0.2) is 44.2 Å². The van der Waals surface area contributed by atoms with Crippen molar-refractivity contribution in [1.82, 2.24) is 15.6 Å². The van der Waals surface area contributed by atoms with E-state index in [1.54, 1.807) is 31.4 Å². The van der Waals surface area contributed by atoms with Gasteiger partial charge in [0, 0.05) is 35.9 Å². The Kier molecular flexibility index (Phi) is 4.78. The number of hydrogen-bond donors (Lipinski definition) is 4. The number of benzene rings is 1. The zero-order chi connectivity index (χ0) is 15.2. The van der Waals surface area contributed by atoms with Crippen molar-refractivity contribution >= 4 is 28.6 Å². The molecular formula is C14H18N4O3. The molecule has 0 aliphatic heterocycles. The first kappa shape index (κ1) is 14.9. The number of carbonyl (C=O) groups is 2. The molecule has 0 spiro atoms. The number of anilines is 1. The highest BCUT2D eigenvalue weighted by atomic mass is 16.5. The third-order valence-corrected chi connectivity index (χ3v) is 2.99. The lowest BCUT2D eigenvalue weighted by Gasteiger charge is -2.09. The minimum Gasteiger partial charge on any atom is -0.465 e. The molecule has 0 saturated carbocycles. The molecule has 0 radical (unpaired) electrons. The molecule has 21 heavy (non-hydrogen) atoms. The summed E-state index contributed by atoms with van der Waals surface area (Å²) in [4.78, 5) is 26.6. The monoisotopic (exact) mass is 290 g/mol. The number of H-pyrrole nitrogens is 1. The fourth-order valence-corrected chi connectivity index (χ4v) is 1.99. The fourth-order valence-electron chi connectivity index (χ4n) is 1.99. The zero-order valence-corrected chi connectivity index (χ0v) is 11.9. The number of urea groups is 1. The molecule has 0 unspecified atom stereocenters. The Bertz CT molecular complexity index is 651. The minimum absolute atomic E-state index is 0.327. The van der Waals surface area contributed by atoms with E-state index < -0.39 is 5.97 Å². The molecule has 0 aliphatic rings. The van der Waals surface area contributed by atoms with Crippen LogP contribution >= 0.6 is 0 Å². The maximum atomic E-state index is 11.8. The molecule has 0 bridgehead atoms. The predicted octanol–water partition coefficient (Wildman–Crippen LogP) is 1.30. The summed E-state index contributed by atoms with van der Waals surface area (Å²) >= 11 is 0. The lowest BCUT2D eigenvalue weighted by Crippen LogP contribution is -2.33. The van der Waals surface area contributed by atoms with Crippen LogP contribution in [-0.2, 0) is 4.74 Å². The first-order valence-electron chi connectivity index (χ1n) is 6.54. The smallest absolute Gasteiger partial charge is 0.338 e. The predicted molar refractivity (Wildman–Crippen MR) is 80.6 cm³/mol. The SMILES string of the molecule is CNCCNC(=O)Nc1cc(C(=O)OC)c2cc[nH]c2c1. The summed E-state index contributed by atoms with van der Waals surface area (Å²) in [6.07, 6.45) is 1.73. The third-order valence-electron chi connectivity index (χ3n) is 2.99. The van der Waals surface area contributed by atoms with Gasteiger partial charge in [-0.05, 0) is 25.2 Å². The number of likely N-dealkylation sites (N-methyl/N-ethyl adjacent to an activating group) is 1. The standard InChI is InChI=1S/C14H18N4O3/c1-15-5-6-17-14(20)18-9-7-11(13(19)21-2)10-3-4-16-12(10)8-9/h3-4,7-8,15-16H,5-6H2,1-2H3,(H2,17,18,20). The number of aromatic nitrogens is 1. The molecule has 0 saturated heterocycles. The van der Waals surface area contributed by atoms with E-state index in [1.807, 2.05) is 0 Å². The molecule has 1 aromatic carbocycles. The van der Waals surface area contributed by atoms with E-state index in [0.717, 1.165) is 10.9 Å². The van der Waals surface area contributed by atoms with Gasteiger partial charge in [0.15, 0.2) is 0 Å². The van der Waals surface area contributed by atoms with Crippen molar-refractivity contribution in [2.45, 2.75) is 0 Å². The zero-order valence-electron chi connectivity index (χ0n) is 11.9. The van der Waals surface area contributed by atoms with Crippen LogP contribution in [0.25, 0.3) is 10.9 Å². The first-order valence-corrected chi connectivity index (χ1v) is 6.54. The second kappa shape index (κ2) is 6.76.